The Kier molecular flexibility index (Phi) is 2.83. The number of carbonyl (C=O) groups excluding carboxylic acids is 1. The van der Waals surface area contributed by atoms with E-state index >= 15 is 0 Å². The summed E-state index contributed by atoms with van der Waals surface area (Å²) in [6.45, 7) is 1.82. The van der Waals surface area contributed by atoms with Crippen molar-refractivity contribution in [3.63, 3.8) is 0 Å². The quantitative estimate of drug-likeness (QED) is 0.791. The predicted molar refractivity (Wildman–Crippen MR) is 74.3 cm³/mol. The molecule has 0 aliphatic carbocycles. The molecule has 5 nitrogen and oxygen atoms in total. The summed E-state index contributed by atoms with van der Waals surface area (Å²) in [5.74, 6) is -0.717. The average molecular weight is 289 g/mol. The van der Waals surface area contributed by atoms with Crippen molar-refractivity contribution in [1.29, 1.82) is 0 Å². The van der Waals surface area contributed by atoms with Gasteiger partial charge in [-0.15, -0.1) is 0 Å². The largest absolute Gasteiger partial charge is 0.461 e. The van der Waals surface area contributed by atoms with Crippen LogP contribution >= 0.6 is 0 Å². The van der Waals surface area contributed by atoms with Gasteiger partial charge in [-0.1, -0.05) is 24.3 Å². The minimum Gasteiger partial charge on any atom is -0.461 e. The van der Waals surface area contributed by atoms with Gasteiger partial charge in [0.1, 0.15) is 0 Å². The van der Waals surface area contributed by atoms with Gasteiger partial charge in [-0.05, 0) is 29.8 Å². The summed E-state index contributed by atoms with van der Waals surface area (Å²) < 4.78 is 32.4. The van der Waals surface area contributed by atoms with Crippen molar-refractivity contribution in [2.45, 2.75) is 11.8 Å². The average Bonchev–Trinajstić information content (AvgIpc) is 2.69. The summed E-state index contributed by atoms with van der Waals surface area (Å²) in [7, 11) is -3.82. The second-order valence-corrected chi connectivity index (χ2v) is 5.90. The van der Waals surface area contributed by atoms with Crippen molar-refractivity contribution in [3.8, 4) is 0 Å². The lowest BCUT2D eigenvalue weighted by Gasteiger charge is -2.04. The van der Waals surface area contributed by atoms with E-state index in [1.807, 2.05) is 24.3 Å². The maximum absolute atomic E-state index is 12.0. The molecule has 102 valence electrons. The summed E-state index contributed by atoms with van der Waals surface area (Å²) in [4.78, 5) is 11.9. The molecule has 0 bridgehead atoms. The van der Waals surface area contributed by atoms with E-state index in [-0.39, 0.29) is 17.2 Å². The first-order valence-electron chi connectivity index (χ1n) is 6.08. The molecule has 3 rings (SSSR count). The van der Waals surface area contributed by atoms with E-state index < -0.39 is 16.0 Å². The van der Waals surface area contributed by atoms with Gasteiger partial charge in [-0.2, -0.15) is 12.8 Å². The number of ether oxygens (including phenoxy) is 1. The van der Waals surface area contributed by atoms with E-state index in [4.69, 9.17) is 4.74 Å². The molecule has 0 aromatic heterocycles. The summed E-state index contributed by atoms with van der Waals surface area (Å²) in [5.41, 5.74) is 0.162. The van der Waals surface area contributed by atoms with E-state index in [2.05, 4.69) is 4.40 Å². The van der Waals surface area contributed by atoms with Crippen LogP contribution in [-0.4, -0.2) is 26.7 Å². The lowest BCUT2D eigenvalue weighted by Crippen LogP contribution is -2.17. The van der Waals surface area contributed by atoms with E-state index in [1.54, 1.807) is 13.0 Å². The van der Waals surface area contributed by atoms with Crippen molar-refractivity contribution in [2.24, 2.45) is 4.40 Å². The molecular formula is C14H11NO4S. The second-order valence-electron chi connectivity index (χ2n) is 4.33. The van der Waals surface area contributed by atoms with Crippen molar-refractivity contribution < 1.29 is 17.9 Å². The van der Waals surface area contributed by atoms with Gasteiger partial charge in [-0.3, -0.25) is 0 Å². The van der Waals surface area contributed by atoms with Gasteiger partial charge in [0.2, 0.25) is 0 Å². The molecule has 0 saturated carbocycles. The molecular weight excluding hydrogens is 278 g/mol. The lowest BCUT2D eigenvalue weighted by molar-refractivity contribution is -0.134. The zero-order valence-electron chi connectivity index (χ0n) is 10.7. The Hall–Kier alpha value is -2.21. The number of carbonyl (C=O) groups is 1. The Balaban J connectivity index is 2.26. The molecule has 2 aromatic rings. The number of sulfonamides is 1. The maximum atomic E-state index is 12.0. The third kappa shape index (κ3) is 1.89. The molecule has 6 heteroatoms. The molecule has 0 unspecified atom stereocenters. The molecule has 2 aromatic carbocycles. The number of hydrogen-bond donors (Lipinski definition) is 0. The summed E-state index contributed by atoms with van der Waals surface area (Å²) in [6, 6.07) is 10.5. The van der Waals surface area contributed by atoms with Gasteiger partial charge in [0, 0.05) is 5.56 Å². The van der Waals surface area contributed by atoms with Crippen LogP contribution in [0.2, 0.25) is 0 Å². The number of nitrogens with zero attached hydrogens (tertiary/aromatic N) is 1. The van der Waals surface area contributed by atoms with Gasteiger partial charge in [-0.25, -0.2) is 4.79 Å². The van der Waals surface area contributed by atoms with Crippen LogP contribution in [0.25, 0.3) is 10.8 Å². The van der Waals surface area contributed by atoms with Crippen LogP contribution in [0.5, 0.6) is 0 Å². The first-order chi connectivity index (χ1) is 9.53. The summed E-state index contributed by atoms with van der Waals surface area (Å²) in [5, 5.41) is 1.63. The first-order valence-corrected chi connectivity index (χ1v) is 7.52. The van der Waals surface area contributed by atoms with Crippen LogP contribution < -0.4 is 0 Å². The molecule has 1 aliphatic heterocycles. The maximum Gasteiger partial charge on any atom is 0.358 e. The van der Waals surface area contributed by atoms with E-state index in [1.165, 1.54) is 6.07 Å². The summed E-state index contributed by atoms with van der Waals surface area (Å²) in [6.07, 6.45) is 0. The van der Waals surface area contributed by atoms with Gasteiger partial charge >= 0.3 is 5.97 Å². The Labute approximate surface area is 115 Å². The van der Waals surface area contributed by atoms with Crippen LogP contribution in [0.15, 0.2) is 45.7 Å². The van der Waals surface area contributed by atoms with Gasteiger partial charge in [0.15, 0.2) is 5.71 Å². The Morgan fingerprint density at radius 2 is 1.85 bits per heavy atom. The Morgan fingerprint density at radius 1 is 1.20 bits per heavy atom. The molecule has 0 atom stereocenters. The molecule has 0 saturated heterocycles. The summed E-state index contributed by atoms with van der Waals surface area (Å²) >= 11 is 0. The molecule has 20 heavy (non-hydrogen) atoms. The van der Waals surface area contributed by atoms with Gasteiger partial charge in [0.05, 0.1) is 11.5 Å². The SMILES string of the molecule is CCOC(=O)C1=NS(=O)(=O)c2cc3ccccc3cc21. The number of esters is 1. The monoisotopic (exact) mass is 289 g/mol. The van der Waals surface area contributed by atoms with E-state index in [0.717, 1.165) is 10.8 Å². The Morgan fingerprint density at radius 3 is 2.50 bits per heavy atom. The molecule has 1 heterocycles. The number of rotatable bonds is 2. The molecule has 0 fully saturated rings. The highest BCUT2D eigenvalue weighted by atomic mass is 32.2. The molecule has 0 radical (unpaired) electrons. The third-order valence-corrected chi connectivity index (χ3v) is 4.38. The predicted octanol–water partition coefficient (Wildman–Crippen LogP) is 1.89. The normalized spacial score (nSPS) is 15.8. The zero-order chi connectivity index (χ0) is 14.3. The molecule has 0 N–H and O–H groups in total. The van der Waals surface area contributed by atoms with Gasteiger partial charge < -0.3 is 4.74 Å². The fraction of sp³-hybridized carbons (Fsp3) is 0.143. The first kappa shape index (κ1) is 12.8. The molecule has 0 amide bonds. The number of hydrogen-bond acceptors (Lipinski definition) is 4. The highest BCUT2D eigenvalue weighted by Crippen LogP contribution is 2.31. The molecule has 1 aliphatic rings. The van der Waals surface area contributed by atoms with E-state index in [9.17, 15) is 13.2 Å². The van der Waals surface area contributed by atoms with Crippen LogP contribution in [0.4, 0.5) is 0 Å². The van der Waals surface area contributed by atoms with Crippen molar-refractivity contribution in [1.82, 2.24) is 0 Å². The van der Waals surface area contributed by atoms with Crippen molar-refractivity contribution >= 4 is 32.5 Å². The van der Waals surface area contributed by atoms with Crippen LogP contribution in [0.3, 0.4) is 0 Å². The number of benzene rings is 2. The number of fused-ring (bicyclic) bond motifs is 2. The van der Waals surface area contributed by atoms with Crippen LogP contribution in [0, 0.1) is 0 Å². The fourth-order valence-electron chi connectivity index (χ4n) is 2.18. The Bertz CT molecular complexity index is 853. The highest BCUT2D eigenvalue weighted by Gasteiger charge is 2.33. The van der Waals surface area contributed by atoms with Crippen LogP contribution in [0.1, 0.15) is 12.5 Å². The van der Waals surface area contributed by atoms with Crippen molar-refractivity contribution in [2.75, 3.05) is 6.61 Å². The minimum atomic E-state index is -3.82. The van der Waals surface area contributed by atoms with E-state index in [0.29, 0.717) is 5.56 Å². The fourth-order valence-corrected chi connectivity index (χ4v) is 3.40. The lowest BCUT2D eigenvalue weighted by atomic mass is 10.0. The standard InChI is InChI=1S/C14H11NO4S/c1-2-19-14(16)13-11-7-9-5-3-4-6-10(9)8-12(11)20(17,18)15-13/h3-8H,2H2,1H3. The third-order valence-electron chi connectivity index (χ3n) is 3.06. The van der Waals surface area contributed by atoms with Crippen LogP contribution in [-0.2, 0) is 19.6 Å². The second kappa shape index (κ2) is 4.42. The topological polar surface area (TPSA) is 72.8 Å². The highest BCUT2D eigenvalue weighted by molar-refractivity contribution is 7.91. The molecule has 0 spiro atoms. The smallest absolute Gasteiger partial charge is 0.358 e. The van der Waals surface area contributed by atoms with Crippen molar-refractivity contribution in [3.05, 3.63) is 42.0 Å². The zero-order valence-corrected chi connectivity index (χ0v) is 11.5. The van der Waals surface area contributed by atoms with Gasteiger partial charge in [0.25, 0.3) is 10.0 Å². The minimum absolute atomic E-state index is 0.0549.